The van der Waals surface area contributed by atoms with Crippen molar-refractivity contribution in [2.75, 3.05) is 13.2 Å². The van der Waals surface area contributed by atoms with Gasteiger partial charge in [-0.2, -0.15) is 0 Å². The Balaban J connectivity index is 1.96. The van der Waals surface area contributed by atoms with Gasteiger partial charge in [-0.1, -0.05) is 24.7 Å². The molecule has 0 bridgehead atoms. The lowest BCUT2D eigenvalue weighted by atomic mass is 10.1. The number of ether oxygens (including phenoxy) is 1. The molecule has 1 fully saturated rings. The summed E-state index contributed by atoms with van der Waals surface area (Å²) in [5, 5.41) is 0. The minimum absolute atomic E-state index is 0.402. The normalized spacial score (nSPS) is 15.2. The summed E-state index contributed by atoms with van der Waals surface area (Å²) in [6.45, 7) is 3.32. The highest BCUT2D eigenvalue weighted by Crippen LogP contribution is 2.26. The molecule has 1 aliphatic rings. The highest BCUT2D eigenvalue weighted by molar-refractivity contribution is 5.43. The third kappa shape index (κ3) is 3.51. The summed E-state index contributed by atoms with van der Waals surface area (Å²) in [4.78, 5) is 0. The molecule has 2 heteroatoms. The number of hydrogen-bond acceptors (Lipinski definition) is 2. The van der Waals surface area contributed by atoms with E-state index in [1.807, 2.05) is 12.1 Å². The van der Waals surface area contributed by atoms with Crippen LogP contribution in [0.4, 0.5) is 0 Å². The molecule has 1 aliphatic carbocycles. The molecule has 0 aliphatic heterocycles. The van der Waals surface area contributed by atoms with Crippen LogP contribution in [0.2, 0.25) is 0 Å². The first-order valence-electron chi connectivity index (χ1n) is 6.72. The van der Waals surface area contributed by atoms with Crippen LogP contribution in [0.3, 0.4) is 0 Å². The molecule has 18 heavy (non-hydrogen) atoms. The molecule has 1 aromatic carbocycles. The lowest BCUT2D eigenvalue weighted by molar-refractivity contribution is 0.250. The number of hydrogen-bond donors (Lipinski definition) is 1. The minimum atomic E-state index is 0.402. The average Bonchev–Trinajstić information content (AvgIpc) is 2.88. The molecule has 0 spiro atoms. The van der Waals surface area contributed by atoms with E-state index in [1.54, 1.807) is 0 Å². The second-order valence-corrected chi connectivity index (χ2v) is 4.95. The Hall–Kier alpha value is -1.46. The summed E-state index contributed by atoms with van der Waals surface area (Å²) in [6.07, 6.45) is 5.36. The van der Waals surface area contributed by atoms with Crippen molar-refractivity contribution in [3.63, 3.8) is 0 Å². The van der Waals surface area contributed by atoms with Crippen LogP contribution >= 0.6 is 0 Å². The van der Waals surface area contributed by atoms with Crippen LogP contribution in [-0.4, -0.2) is 13.2 Å². The van der Waals surface area contributed by atoms with E-state index in [0.29, 0.717) is 6.54 Å². The Morgan fingerprint density at radius 1 is 1.33 bits per heavy atom. The Labute approximate surface area is 110 Å². The van der Waals surface area contributed by atoms with Crippen LogP contribution in [0.15, 0.2) is 18.2 Å². The second-order valence-electron chi connectivity index (χ2n) is 4.95. The van der Waals surface area contributed by atoms with Crippen LogP contribution in [0.25, 0.3) is 0 Å². The molecule has 2 N–H and O–H groups in total. The van der Waals surface area contributed by atoms with E-state index < -0.39 is 0 Å². The molecule has 2 rings (SSSR count). The van der Waals surface area contributed by atoms with Gasteiger partial charge in [-0.05, 0) is 49.4 Å². The molecule has 1 aromatic rings. The maximum atomic E-state index is 5.91. The van der Waals surface area contributed by atoms with Gasteiger partial charge in [0, 0.05) is 5.56 Å². The summed E-state index contributed by atoms with van der Waals surface area (Å²) in [7, 11) is 0. The first-order valence-corrected chi connectivity index (χ1v) is 6.72. The van der Waals surface area contributed by atoms with Crippen molar-refractivity contribution in [2.24, 2.45) is 11.7 Å². The Bertz CT molecular complexity index is 450. The van der Waals surface area contributed by atoms with Crippen LogP contribution < -0.4 is 10.5 Å². The predicted octanol–water partition coefficient (Wildman–Crippen LogP) is 2.87. The molecule has 0 unspecified atom stereocenters. The number of benzene rings is 1. The SMILES string of the molecule is Cc1cc(C#CCN)ccc1OCC1CCCC1. The van der Waals surface area contributed by atoms with E-state index in [1.165, 1.54) is 25.7 Å². The number of nitrogens with two attached hydrogens (primary N) is 1. The molecule has 0 amide bonds. The van der Waals surface area contributed by atoms with Gasteiger partial charge in [0.05, 0.1) is 13.2 Å². The molecule has 0 atom stereocenters. The zero-order valence-electron chi connectivity index (χ0n) is 11.0. The van der Waals surface area contributed by atoms with Crippen LogP contribution in [-0.2, 0) is 0 Å². The molecule has 2 nitrogen and oxygen atoms in total. The van der Waals surface area contributed by atoms with Crippen molar-refractivity contribution >= 4 is 0 Å². The molecular formula is C16H21NO. The van der Waals surface area contributed by atoms with Gasteiger partial charge in [0.2, 0.25) is 0 Å². The molecule has 0 aromatic heterocycles. The summed E-state index contributed by atoms with van der Waals surface area (Å²) in [5.74, 6) is 7.64. The van der Waals surface area contributed by atoms with E-state index in [0.717, 1.165) is 29.4 Å². The van der Waals surface area contributed by atoms with Gasteiger partial charge in [-0.3, -0.25) is 0 Å². The van der Waals surface area contributed by atoms with E-state index in [2.05, 4.69) is 24.8 Å². The van der Waals surface area contributed by atoms with Gasteiger partial charge in [-0.25, -0.2) is 0 Å². The summed E-state index contributed by atoms with van der Waals surface area (Å²) < 4.78 is 5.91. The molecule has 0 radical (unpaired) electrons. The Morgan fingerprint density at radius 3 is 2.78 bits per heavy atom. The highest BCUT2D eigenvalue weighted by atomic mass is 16.5. The van der Waals surface area contributed by atoms with E-state index in [4.69, 9.17) is 10.5 Å². The van der Waals surface area contributed by atoms with Gasteiger partial charge < -0.3 is 10.5 Å². The van der Waals surface area contributed by atoms with Gasteiger partial charge in [0.25, 0.3) is 0 Å². The average molecular weight is 243 g/mol. The maximum Gasteiger partial charge on any atom is 0.122 e. The van der Waals surface area contributed by atoms with Gasteiger partial charge in [-0.15, -0.1) is 0 Å². The standard InChI is InChI=1S/C16H21NO/c1-13-11-14(7-4-10-17)8-9-16(13)18-12-15-5-2-3-6-15/h8-9,11,15H,2-3,5-6,10,12,17H2,1H3. The lowest BCUT2D eigenvalue weighted by Gasteiger charge is -2.13. The topological polar surface area (TPSA) is 35.2 Å². The molecule has 0 saturated heterocycles. The van der Waals surface area contributed by atoms with E-state index in [-0.39, 0.29) is 0 Å². The fraction of sp³-hybridized carbons (Fsp3) is 0.500. The minimum Gasteiger partial charge on any atom is -0.493 e. The number of rotatable bonds is 3. The maximum absolute atomic E-state index is 5.91. The summed E-state index contributed by atoms with van der Waals surface area (Å²) in [5.41, 5.74) is 7.52. The van der Waals surface area contributed by atoms with Crippen LogP contribution in [0.1, 0.15) is 36.8 Å². The van der Waals surface area contributed by atoms with Gasteiger partial charge in [0.1, 0.15) is 5.75 Å². The Kier molecular flexibility index (Phi) is 4.66. The van der Waals surface area contributed by atoms with Crippen molar-refractivity contribution in [1.29, 1.82) is 0 Å². The van der Waals surface area contributed by atoms with Crippen molar-refractivity contribution < 1.29 is 4.74 Å². The van der Waals surface area contributed by atoms with Crippen LogP contribution in [0, 0.1) is 24.7 Å². The third-order valence-electron chi connectivity index (χ3n) is 3.46. The summed E-state index contributed by atoms with van der Waals surface area (Å²) in [6, 6.07) is 6.08. The first-order chi connectivity index (χ1) is 8.79. The zero-order chi connectivity index (χ0) is 12.8. The van der Waals surface area contributed by atoms with Crippen molar-refractivity contribution in [3.05, 3.63) is 29.3 Å². The van der Waals surface area contributed by atoms with Gasteiger partial charge >= 0.3 is 0 Å². The third-order valence-corrected chi connectivity index (χ3v) is 3.46. The monoisotopic (exact) mass is 243 g/mol. The number of aryl methyl sites for hydroxylation is 1. The fourth-order valence-corrected chi connectivity index (χ4v) is 2.43. The highest BCUT2D eigenvalue weighted by Gasteiger charge is 2.15. The van der Waals surface area contributed by atoms with Crippen LogP contribution in [0.5, 0.6) is 5.75 Å². The van der Waals surface area contributed by atoms with Crippen molar-refractivity contribution in [3.8, 4) is 17.6 Å². The first kappa shape index (κ1) is 13.0. The molecule has 96 valence electrons. The predicted molar refractivity (Wildman–Crippen MR) is 74.6 cm³/mol. The summed E-state index contributed by atoms with van der Waals surface area (Å²) >= 11 is 0. The quantitative estimate of drug-likeness (QED) is 0.828. The zero-order valence-corrected chi connectivity index (χ0v) is 11.0. The molecular weight excluding hydrogens is 222 g/mol. The van der Waals surface area contributed by atoms with E-state index in [9.17, 15) is 0 Å². The lowest BCUT2D eigenvalue weighted by Crippen LogP contribution is -2.08. The Morgan fingerprint density at radius 2 is 2.11 bits per heavy atom. The fourth-order valence-electron chi connectivity index (χ4n) is 2.43. The van der Waals surface area contributed by atoms with E-state index >= 15 is 0 Å². The van der Waals surface area contributed by atoms with Gasteiger partial charge in [0.15, 0.2) is 0 Å². The molecule has 1 saturated carbocycles. The smallest absolute Gasteiger partial charge is 0.122 e. The van der Waals surface area contributed by atoms with Crippen molar-refractivity contribution in [1.82, 2.24) is 0 Å². The van der Waals surface area contributed by atoms with Crippen molar-refractivity contribution in [2.45, 2.75) is 32.6 Å². The second kappa shape index (κ2) is 6.47. The molecule has 0 heterocycles. The largest absolute Gasteiger partial charge is 0.493 e.